The highest BCUT2D eigenvalue weighted by atomic mass is 16.5. The summed E-state index contributed by atoms with van der Waals surface area (Å²) in [5.74, 6) is -0.471. The number of nitriles is 1. The lowest BCUT2D eigenvalue weighted by Gasteiger charge is -2.28. The summed E-state index contributed by atoms with van der Waals surface area (Å²) in [7, 11) is 1.44. The SMILES string of the molecule is CCOC(=O)C1=C(C)NC(=O)N[C@H]1c1ccc(OCC(=O)N/N=C/c2c(C)n(CC#N)c3ccccc23)c(OC)c1. The maximum Gasteiger partial charge on any atom is 0.338 e. The Kier molecular flexibility index (Phi) is 8.88. The Balaban J connectivity index is 1.45. The standard InChI is InChI=1S/C29H30N6O6/c1-5-40-28(37)26-17(2)32-29(38)33-27(26)19-10-11-23(24(14-19)39-4)41-16-25(36)34-31-15-21-18(3)35(13-12-30)22-9-7-6-8-20(21)22/h6-11,14-15,27H,5,13,16H2,1-4H3,(H,34,36)(H2,32,33,38)/b31-15+/t27-/m0/s1. The van der Waals surface area contributed by atoms with Gasteiger partial charge in [-0.3, -0.25) is 4.79 Å². The number of nitrogens with one attached hydrogen (secondary N) is 3. The predicted octanol–water partition coefficient (Wildman–Crippen LogP) is 3.20. The van der Waals surface area contributed by atoms with Gasteiger partial charge in [-0.15, -0.1) is 0 Å². The summed E-state index contributed by atoms with van der Waals surface area (Å²) in [4.78, 5) is 37.2. The Morgan fingerprint density at radius 3 is 2.71 bits per heavy atom. The number of ether oxygens (including phenoxy) is 3. The van der Waals surface area contributed by atoms with Gasteiger partial charge in [-0.25, -0.2) is 15.0 Å². The molecule has 41 heavy (non-hydrogen) atoms. The number of para-hydroxylation sites is 1. The van der Waals surface area contributed by atoms with Crippen LogP contribution in [0.1, 0.15) is 36.7 Å². The van der Waals surface area contributed by atoms with Crippen LogP contribution in [-0.4, -0.2) is 49.0 Å². The van der Waals surface area contributed by atoms with Gasteiger partial charge in [0.05, 0.1) is 37.6 Å². The lowest BCUT2D eigenvalue weighted by Crippen LogP contribution is -2.45. The van der Waals surface area contributed by atoms with Crippen LogP contribution in [0, 0.1) is 18.3 Å². The molecule has 212 valence electrons. The number of rotatable bonds is 10. The first-order valence-corrected chi connectivity index (χ1v) is 12.8. The summed E-state index contributed by atoms with van der Waals surface area (Å²) >= 11 is 0. The minimum Gasteiger partial charge on any atom is -0.493 e. The van der Waals surface area contributed by atoms with E-state index >= 15 is 0 Å². The Bertz CT molecular complexity index is 1600. The number of urea groups is 1. The highest BCUT2D eigenvalue weighted by molar-refractivity contribution is 6.01. The van der Waals surface area contributed by atoms with Crippen LogP contribution < -0.4 is 25.5 Å². The number of aromatic nitrogens is 1. The maximum absolute atomic E-state index is 12.6. The maximum atomic E-state index is 12.6. The van der Waals surface area contributed by atoms with Crippen molar-refractivity contribution < 1.29 is 28.6 Å². The van der Waals surface area contributed by atoms with E-state index in [1.54, 1.807) is 38.3 Å². The van der Waals surface area contributed by atoms with E-state index in [1.165, 1.54) is 7.11 Å². The van der Waals surface area contributed by atoms with Crippen LogP contribution in [-0.2, 0) is 20.9 Å². The van der Waals surface area contributed by atoms with Crippen LogP contribution >= 0.6 is 0 Å². The smallest absolute Gasteiger partial charge is 0.338 e. The summed E-state index contributed by atoms with van der Waals surface area (Å²) < 4.78 is 18.2. The summed E-state index contributed by atoms with van der Waals surface area (Å²) in [6.07, 6.45) is 1.54. The summed E-state index contributed by atoms with van der Waals surface area (Å²) in [5.41, 5.74) is 6.23. The zero-order chi connectivity index (χ0) is 29.5. The molecule has 0 fully saturated rings. The molecule has 3 N–H and O–H groups in total. The predicted molar refractivity (Wildman–Crippen MR) is 150 cm³/mol. The number of methoxy groups -OCH3 is 1. The number of nitrogens with zero attached hydrogens (tertiary/aromatic N) is 3. The molecule has 0 spiro atoms. The van der Waals surface area contributed by atoms with Gasteiger partial charge in [0.25, 0.3) is 5.91 Å². The van der Waals surface area contributed by atoms with E-state index in [1.807, 2.05) is 35.8 Å². The number of hydrazone groups is 1. The van der Waals surface area contributed by atoms with Gasteiger partial charge in [-0.1, -0.05) is 24.3 Å². The van der Waals surface area contributed by atoms with E-state index in [0.29, 0.717) is 17.0 Å². The molecule has 1 atom stereocenters. The molecule has 1 aliphatic heterocycles. The van der Waals surface area contributed by atoms with Gasteiger partial charge >= 0.3 is 12.0 Å². The van der Waals surface area contributed by atoms with Crippen LogP contribution in [0.25, 0.3) is 10.9 Å². The monoisotopic (exact) mass is 558 g/mol. The molecular weight excluding hydrogens is 528 g/mol. The first kappa shape index (κ1) is 28.7. The zero-order valence-corrected chi connectivity index (χ0v) is 23.1. The van der Waals surface area contributed by atoms with Gasteiger partial charge in [0, 0.05) is 27.9 Å². The molecule has 1 aromatic heterocycles. The molecule has 2 heterocycles. The Morgan fingerprint density at radius 1 is 1.20 bits per heavy atom. The van der Waals surface area contributed by atoms with Crippen LogP contribution in [0.4, 0.5) is 4.79 Å². The van der Waals surface area contributed by atoms with Gasteiger partial charge in [0.15, 0.2) is 18.1 Å². The van der Waals surface area contributed by atoms with E-state index in [0.717, 1.165) is 22.2 Å². The van der Waals surface area contributed by atoms with Crippen molar-refractivity contribution in [2.24, 2.45) is 5.10 Å². The molecule has 3 amide bonds. The van der Waals surface area contributed by atoms with Gasteiger partial charge in [-0.05, 0) is 44.5 Å². The second-order valence-corrected chi connectivity index (χ2v) is 9.04. The van der Waals surface area contributed by atoms with Crippen molar-refractivity contribution in [1.29, 1.82) is 5.26 Å². The van der Waals surface area contributed by atoms with Crippen molar-refractivity contribution in [1.82, 2.24) is 20.6 Å². The summed E-state index contributed by atoms with van der Waals surface area (Å²) in [6, 6.07) is 13.5. The fourth-order valence-corrected chi connectivity index (χ4v) is 4.65. The van der Waals surface area contributed by atoms with Crippen LogP contribution in [0.3, 0.4) is 0 Å². The normalized spacial score (nSPS) is 14.8. The molecule has 12 nitrogen and oxygen atoms in total. The van der Waals surface area contributed by atoms with Crippen molar-refractivity contribution in [2.45, 2.75) is 33.4 Å². The molecule has 12 heteroatoms. The number of carbonyl (C=O) groups excluding carboxylic acids is 3. The van der Waals surface area contributed by atoms with Gasteiger partial charge in [0.2, 0.25) is 0 Å². The van der Waals surface area contributed by atoms with Crippen LogP contribution in [0.15, 0.2) is 58.8 Å². The fourth-order valence-electron chi connectivity index (χ4n) is 4.65. The highest BCUT2D eigenvalue weighted by Gasteiger charge is 2.32. The molecule has 4 rings (SSSR count). The van der Waals surface area contributed by atoms with Gasteiger partial charge in [-0.2, -0.15) is 10.4 Å². The van der Waals surface area contributed by atoms with Crippen molar-refractivity contribution in [3.63, 3.8) is 0 Å². The summed E-state index contributed by atoms with van der Waals surface area (Å²) in [5, 5.41) is 19.5. The Hall–Kier alpha value is -5.31. The molecule has 3 aromatic rings. The molecule has 2 aromatic carbocycles. The second-order valence-electron chi connectivity index (χ2n) is 9.04. The number of fused-ring (bicyclic) bond motifs is 1. The van der Waals surface area contributed by atoms with Crippen molar-refractivity contribution in [3.8, 4) is 17.6 Å². The molecular formula is C29H30N6O6. The summed E-state index contributed by atoms with van der Waals surface area (Å²) in [6.45, 7) is 5.25. The first-order valence-electron chi connectivity index (χ1n) is 12.8. The van der Waals surface area contributed by atoms with Gasteiger partial charge < -0.3 is 29.4 Å². The molecule has 0 radical (unpaired) electrons. The number of hydrogen-bond donors (Lipinski definition) is 3. The van der Waals surface area contributed by atoms with Crippen molar-refractivity contribution >= 4 is 35.0 Å². The first-order chi connectivity index (χ1) is 19.8. The number of esters is 1. The van der Waals surface area contributed by atoms with E-state index < -0.39 is 23.9 Å². The minimum absolute atomic E-state index is 0.183. The van der Waals surface area contributed by atoms with E-state index in [4.69, 9.17) is 14.2 Å². The molecule has 1 aliphatic rings. The molecule has 0 saturated carbocycles. The fraction of sp³-hybridized carbons (Fsp3) is 0.276. The zero-order valence-electron chi connectivity index (χ0n) is 23.1. The molecule has 0 saturated heterocycles. The molecule has 0 aliphatic carbocycles. The largest absolute Gasteiger partial charge is 0.493 e. The van der Waals surface area contributed by atoms with E-state index in [-0.39, 0.29) is 31.1 Å². The lowest BCUT2D eigenvalue weighted by molar-refractivity contribution is -0.139. The van der Waals surface area contributed by atoms with Crippen molar-refractivity contribution in [3.05, 3.63) is 70.6 Å². The number of allylic oxidation sites excluding steroid dienone is 1. The van der Waals surface area contributed by atoms with E-state index in [9.17, 15) is 19.6 Å². The van der Waals surface area contributed by atoms with Crippen molar-refractivity contribution in [2.75, 3.05) is 20.3 Å². The van der Waals surface area contributed by atoms with Gasteiger partial charge in [0.1, 0.15) is 6.54 Å². The Labute approximate surface area is 236 Å². The average Bonchev–Trinajstić information content (AvgIpc) is 3.22. The number of benzene rings is 2. The number of hydrogen-bond acceptors (Lipinski definition) is 8. The number of carbonyl (C=O) groups is 3. The minimum atomic E-state index is -0.772. The third kappa shape index (κ3) is 6.14. The average molecular weight is 559 g/mol. The number of amides is 3. The Morgan fingerprint density at radius 2 is 1.98 bits per heavy atom. The molecule has 0 bridgehead atoms. The second kappa shape index (κ2) is 12.7. The van der Waals surface area contributed by atoms with Crippen LogP contribution in [0.2, 0.25) is 0 Å². The third-order valence-corrected chi connectivity index (χ3v) is 6.54. The quantitative estimate of drug-likeness (QED) is 0.196. The van der Waals surface area contributed by atoms with Crippen LogP contribution in [0.5, 0.6) is 11.5 Å². The topological polar surface area (TPSA) is 156 Å². The van der Waals surface area contributed by atoms with E-state index in [2.05, 4.69) is 27.2 Å². The lowest BCUT2D eigenvalue weighted by atomic mass is 9.95. The third-order valence-electron chi connectivity index (χ3n) is 6.54. The molecule has 0 unspecified atom stereocenters. The highest BCUT2D eigenvalue weighted by Crippen LogP contribution is 2.34.